The zero-order valence-electron chi connectivity index (χ0n) is 10.6. The van der Waals surface area contributed by atoms with E-state index in [9.17, 15) is 4.79 Å². The Morgan fingerprint density at radius 3 is 3.05 bits per heavy atom. The zero-order chi connectivity index (χ0) is 13.7. The summed E-state index contributed by atoms with van der Waals surface area (Å²) in [6.45, 7) is 2.76. The Hall–Kier alpha value is -2.08. The lowest BCUT2D eigenvalue weighted by Crippen LogP contribution is -2.09. The number of benzene rings is 1. The van der Waals surface area contributed by atoms with Crippen LogP contribution in [0, 0.1) is 0 Å². The first-order valence-electron chi connectivity index (χ1n) is 5.88. The Morgan fingerprint density at radius 1 is 1.53 bits per heavy atom. The molecular formula is C13H15N3O2S. The Bertz CT molecular complexity index is 555. The first-order valence-corrected chi connectivity index (χ1v) is 6.76. The molecule has 0 unspecified atom stereocenters. The molecule has 5 nitrogen and oxygen atoms in total. The normalized spacial score (nSPS) is 10.2. The number of nitrogens with two attached hydrogens (primary N) is 1. The largest absolute Gasteiger partial charge is 0.462 e. The summed E-state index contributed by atoms with van der Waals surface area (Å²) in [7, 11) is 0. The van der Waals surface area contributed by atoms with Crippen LogP contribution >= 0.6 is 11.3 Å². The Labute approximate surface area is 115 Å². The van der Waals surface area contributed by atoms with E-state index in [1.807, 2.05) is 6.07 Å². The van der Waals surface area contributed by atoms with Crippen molar-refractivity contribution >= 4 is 28.7 Å². The number of nitrogen functional groups attached to an aromatic ring is 1. The highest BCUT2D eigenvalue weighted by Crippen LogP contribution is 2.20. The van der Waals surface area contributed by atoms with Gasteiger partial charge in [0.25, 0.3) is 0 Å². The van der Waals surface area contributed by atoms with Crippen LogP contribution in [0.4, 0.5) is 11.4 Å². The highest BCUT2D eigenvalue weighted by Gasteiger charge is 2.11. The van der Waals surface area contributed by atoms with Crippen molar-refractivity contribution in [1.29, 1.82) is 0 Å². The average molecular weight is 277 g/mol. The number of ether oxygens (including phenoxy) is 1. The second-order valence-corrected chi connectivity index (χ2v) is 4.81. The Morgan fingerprint density at radius 2 is 2.37 bits per heavy atom. The lowest BCUT2D eigenvalue weighted by atomic mass is 10.1. The summed E-state index contributed by atoms with van der Waals surface area (Å²) >= 11 is 1.57. The standard InChI is InChI=1S/C13H15N3O2S/c1-2-18-13(17)11-5-9(3-4-12(11)14)16-7-10-6-15-8-19-10/h3-6,8,16H,2,7,14H2,1H3. The number of hydrogen-bond donors (Lipinski definition) is 2. The quantitative estimate of drug-likeness (QED) is 0.648. The summed E-state index contributed by atoms with van der Waals surface area (Å²) < 4.78 is 4.96. The number of hydrogen-bond acceptors (Lipinski definition) is 6. The van der Waals surface area contributed by atoms with Gasteiger partial charge in [0.2, 0.25) is 0 Å². The van der Waals surface area contributed by atoms with E-state index in [-0.39, 0.29) is 0 Å². The number of anilines is 2. The van der Waals surface area contributed by atoms with E-state index in [1.54, 1.807) is 42.1 Å². The first-order chi connectivity index (χ1) is 9.20. The van der Waals surface area contributed by atoms with Gasteiger partial charge in [0.05, 0.1) is 24.2 Å². The summed E-state index contributed by atoms with van der Waals surface area (Å²) in [5.74, 6) is -0.401. The first kappa shape index (κ1) is 13.4. The molecule has 0 aliphatic heterocycles. The molecule has 2 aromatic rings. The summed E-state index contributed by atoms with van der Waals surface area (Å²) in [5, 5.41) is 3.22. The van der Waals surface area contributed by atoms with Crippen molar-refractivity contribution < 1.29 is 9.53 Å². The van der Waals surface area contributed by atoms with Crippen molar-refractivity contribution in [3.63, 3.8) is 0 Å². The number of esters is 1. The minimum atomic E-state index is -0.401. The van der Waals surface area contributed by atoms with Crippen molar-refractivity contribution in [1.82, 2.24) is 4.98 Å². The van der Waals surface area contributed by atoms with Gasteiger partial charge in [-0.2, -0.15) is 0 Å². The van der Waals surface area contributed by atoms with Gasteiger partial charge < -0.3 is 15.8 Å². The molecule has 1 aromatic heterocycles. The molecule has 3 N–H and O–H groups in total. The van der Waals surface area contributed by atoms with Crippen LogP contribution in [0.15, 0.2) is 29.9 Å². The molecule has 2 rings (SSSR count). The number of carbonyl (C=O) groups excluding carboxylic acids is 1. The van der Waals surface area contributed by atoms with E-state index in [1.165, 1.54) is 0 Å². The van der Waals surface area contributed by atoms with Gasteiger partial charge >= 0.3 is 5.97 Å². The minimum Gasteiger partial charge on any atom is -0.462 e. The number of thiazole rings is 1. The third-order valence-corrected chi connectivity index (χ3v) is 3.28. The van der Waals surface area contributed by atoms with Crippen LogP contribution < -0.4 is 11.1 Å². The van der Waals surface area contributed by atoms with Gasteiger partial charge in [0.1, 0.15) is 0 Å². The molecule has 0 amide bonds. The smallest absolute Gasteiger partial charge is 0.340 e. The predicted octanol–water partition coefficient (Wildman–Crippen LogP) is 2.51. The van der Waals surface area contributed by atoms with Gasteiger partial charge in [-0.15, -0.1) is 11.3 Å². The van der Waals surface area contributed by atoms with Crippen molar-refractivity contribution in [3.05, 3.63) is 40.3 Å². The summed E-state index contributed by atoms with van der Waals surface area (Å²) in [5.41, 5.74) is 9.18. The molecule has 0 aliphatic rings. The van der Waals surface area contributed by atoms with Crippen LogP contribution in [-0.4, -0.2) is 17.6 Å². The zero-order valence-corrected chi connectivity index (χ0v) is 11.4. The number of rotatable bonds is 5. The van der Waals surface area contributed by atoms with E-state index in [0.717, 1.165) is 10.6 Å². The molecule has 0 radical (unpaired) electrons. The molecule has 1 aromatic carbocycles. The van der Waals surface area contributed by atoms with Crippen molar-refractivity contribution in [2.45, 2.75) is 13.5 Å². The molecule has 6 heteroatoms. The number of nitrogens with zero attached hydrogens (tertiary/aromatic N) is 1. The third-order valence-electron chi connectivity index (χ3n) is 2.50. The van der Waals surface area contributed by atoms with Gasteiger partial charge in [-0.1, -0.05) is 0 Å². The van der Waals surface area contributed by atoms with Crippen molar-refractivity contribution in [3.8, 4) is 0 Å². The predicted molar refractivity (Wildman–Crippen MR) is 76.3 cm³/mol. The van der Waals surface area contributed by atoms with Crippen LogP contribution in [0.2, 0.25) is 0 Å². The SMILES string of the molecule is CCOC(=O)c1cc(NCc2cncs2)ccc1N. The molecule has 19 heavy (non-hydrogen) atoms. The number of nitrogens with one attached hydrogen (secondary N) is 1. The van der Waals surface area contributed by atoms with Gasteiger partial charge in [-0.25, -0.2) is 4.79 Å². The van der Waals surface area contributed by atoms with E-state index >= 15 is 0 Å². The average Bonchev–Trinajstić information content (AvgIpc) is 2.91. The van der Waals surface area contributed by atoms with Crippen LogP contribution in [-0.2, 0) is 11.3 Å². The molecule has 100 valence electrons. The van der Waals surface area contributed by atoms with Crippen LogP contribution in [0.5, 0.6) is 0 Å². The lowest BCUT2D eigenvalue weighted by Gasteiger charge is -2.09. The van der Waals surface area contributed by atoms with Gasteiger partial charge in [0, 0.05) is 22.4 Å². The summed E-state index contributed by atoms with van der Waals surface area (Å²) in [6.07, 6.45) is 1.81. The minimum absolute atomic E-state index is 0.330. The Balaban J connectivity index is 2.09. The molecular weight excluding hydrogens is 262 g/mol. The summed E-state index contributed by atoms with van der Waals surface area (Å²) in [6, 6.07) is 5.23. The molecule has 0 atom stereocenters. The molecule has 0 saturated heterocycles. The highest BCUT2D eigenvalue weighted by atomic mass is 32.1. The van der Waals surface area contributed by atoms with E-state index < -0.39 is 5.97 Å². The fraction of sp³-hybridized carbons (Fsp3) is 0.231. The van der Waals surface area contributed by atoms with Gasteiger partial charge in [-0.3, -0.25) is 4.98 Å². The lowest BCUT2D eigenvalue weighted by molar-refractivity contribution is 0.0527. The van der Waals surface area contributed by atoms with Gasteiger partial charge in [0.15, 0.2) is 0 Å². The van der Waals surface area contributed by atoms with Crippen molar-refractivity contribution in [2.75, 3.05) is 17.7 Å². The molecule has 0 fully saturated rings. The summed E-state index contributed by atoms with van der Waals surface area (Å²) in [4.78, 5) is 16.8. The maximum absolute atomic E-state index is 11.7. The van der Waals surface area contributed by atoms with E-state index in [4.69, 9.17) is 10.5 Å². The topological polar surface area (TPSA) is 77.2 Å². The maximum atomic E-state index is 11.7. The monoisotopic (exact) mass is 277 g/mol. The van der Waals surface area contributed by atoms with Crippen LogP contribution in [0.25, 0.3) is 0 Å². The Kier molecular flexibility index (Phi) is 4.35. The molecule has 1 heterocycles. The molecule has 0 bridgehead atoms. The third kappa shape index (κ3) is 3.45. The van der Waals surface area contributed by atoms with Crippen LogP contribution in [0.1, 0.15) is 22.2 Å². The van der Waals surface area contributed by atoms with Crippen LogP contribution in [0.3, 0.4) is 0 Å². The second-order valence-electron chi connectivity index (χ2n) is 3.84. The molecule has 0 saturated carbocycles. The fourth-order valence-corrected chi connectivity index (χ4v) is 2.10. The molecule has 0 spiro atoms. The second kappa shape index (κ2) is 6.19. The highest BCUT2D eigenvalue weighted by molar-refractivity contribution is 7.09. The number of aromatic nitrogens is 1. The molecule has 0 aliphatic carbocycles. The van der Waals surface area contributed by atoms with E-state index in [2.05, 4.69) is 10.3 Å². The number of carbonyl (C=O) groups is 1. The maximum Gasteiger partial charge on any atom is 0.340 e. The van der Waals surface area contributed by atoms with Gasteiger partial charge in [-0.05, 0) is 25.1 Å². The fourth-order valence-electron chi connectivity index (χ4n) is 1.57. The van der Waals surface area contributed by atoms with E-state index in [0.29, 0.717) is 24.4 Å². The van der Waals surface area contributed by atoms with Crippen molar-refractivity contribution in [2.24, 2.45) is 0 Å².